The van der Waals surface area contributed by atoms with Crippen LogP contribution in [0.3, 0.4) is 0 Å². The van der Waals surface area contributed by atoms with Gasteiger partial charge in [0, 0.05) is 24.1 Å². The van der Waals surface area contributed by atoms with Crippen molar-refractivity contribution in [3.05, 3.63) is 83.4 Å². The van der Waals surface area contributed by atoms with Crippen molar-refractivity contribution in [2.24, 2.45) is 0 Å². The molecule has 0 saturated heterocycles. The number of carbonyl (C=O) groups is 2. The summed E-state index contributed by atoms with van der Waals surface area (Å²) in [5.41, 5.74) is 1.11. The van der Waals surface area contributed by atoms with Gasteiger partial charge in [-0.15, -0.1) is 0 Å². The van der Waals surface area contributed by atoms with Crippen LogP contribution >= 0.6 is 0 Å². The van der Waals surface area contributed by atoms with Crippen molar-refractivity contribution in [1.82, 2.24) is 0 Å². The van der Waals surface area contributed by atoms with Gasteiger partial charge in [-0.05, 0) is 48.0 Å². The molecule has 0 fully saturated rings. The largest absolute Gasteiger partial charge is 0.460 e. The van der Waals surface area contributed by atoms with Crippen molar-refractivity contribution in [3.63, 3.8) is 0 Å². The Morgan fingerprint density at radius 3 is 1.96 bits per heavy atom. The SMILES string of the molecule is CC(=O)O/C(=C(/C=C/C(=O)OCCO)c1ccc(F)cc1)c1ccc(F)cc1. The quantitative estimate of drug-likeness (QED) is 0.258. The number of rotatable bonds is 7. The van der Waals surface area contributed by atoms with E-state index in [4.69, 9.17) is 14.6 Å². The van der Waals surface area contributed by atoms with Gasteiger partial charge in [-0.3, -0.25) is 4.79 Å². The van der Waals surface area contributed by atoms with Crippen molar-refractivity contribution in [2.75, 3.05) is 13.2 Å². The zero-order valence-corrected chi connectivity index (χ0v) is 15.0. The van der Waals surface area contributed by atoms with Gasteiger partial charge in [0.2, 0.25) is 0 Å². The lowest BCUT2D eigenvalue weighted by molar-refractivity contribution is -0.138. The normalized spacial score (nSPS) is 11.9. The van der Waals surface area contributed by atoms with Gasteiger partial charge in [0.1, 0.15) is 24.0 Å². The Labute approximate surface area is 160 Å². The molecule has 0 aliphatic carbocycles. The molecule has 0 unspecified atom stereocenters. The molecule has 0 spiro atoms. The highest BCUT2D eigenvalue weighted by molar-refractivity contribution is 5.98. The molecule has 0 atom stereocenters. The van der Waals surface area contributed by atoms with Crippen molar-refractivity contribution < 1.29 is 33.0 Å². The van der Waals surface area contributed by atoms with Crippen LogP contribution in [0.1, 0.15) is 18.1 Å². The maximum absolute atomic E-state index is 13.3. The van der Waals surface area contributed by atoms with Crippen molar-refractivity contribution >= 4 is 23.3 Å². The Morgan fingerprint density at radius 2 is 1.46 bits per heavy atom. The zero-order chi connectivity index (χ0) is 20.5. The third-order valence-corrected chi connectivity index (χ3v) is 3.47. The summed E-state index contributed by atoms with van der Waals surface area (Å²) < 4.78 is 36.7. The van der Waals surface area contributed by atoms with Crippen molar-refractivity contribution in [3.8, 4) is 0 Å². The molecular formula is C21H18F2O5. The standard InChI is InChI=1S/C21H18F2O5/c1-14(25)28-21(16-4-8-18(23)9-5-16)19(10-11-20(26)27-13-12-24)15-2-6-17(22)7-3-15/h2-11,24H,12-13H2,1H3/b11-10+,21-19-. The number of hydrogen-bond acceptors (Lipinski definition) is 5. The van der Waals surface area contributed by atoms with E-state index < -0.39 is 23.6 Å². The lowest BCUT2D eigenvalue weighted by atomic mass is 10.00. The summed E-state index contributed by atoms with van der Waals surface area (Å²) in [6, 6.07) is 10.5. The number of esters is 2. The van der Waals surface area contributed by atoms with Crippen LogP contribution in [0, 0.1) is 11.6 Å². The first kappa shape index (κ1) is 21.0. The van der Waals surface area contributed by atoms with E-state index >= 15 is 0 Å². The Balaban J connectivity index is 2.59. The highest BCUT2D eigenvalue weighted by atomic mass is 19.1. The second kappa shape index (κ2) is 10.1. The molecule has 28 heavy (non-hydrogen) atoms. The van der Waals surface area contributed by atoms with E-state index in [2.05, 4.69) is 0 Å². The molecule has 0 radical (unpaired) electrons. The number of benzene rings is 2. The number of aliphatic hydroxyl groups excluding tert-OH is 1. The molecule has 0 amide bonds. The molecule has 2 rings (SSSR count). The molecule has 0 bridgehead atoms. The average molecular weight is 388 g/mol. The summed E-state index contributed by atoms with van der Waals surface area (Å²) in [5, 5.41) is 8.72. The number of ether oxygens (including phenoxy) is 2. The van der Waals surface area contributed by atoms with Crippen LogP contribution in [0.2, 0.25) is 0 Å². The zero-order valence-electron chi connectivity index (χ0n) is 15.0. The van der Waals surface area contributed by atoms with Crippen LogP contribution < -0.4 is 0 Å². The molecule has 2 aromatic carbocycles. The maximum Gasteiger partial charge on any atom is 0.330 e. The van der Waals surface area contributed by atoms with Crippen LogP contribution in [0.15, 0.2) is 60.7 Å². The molecule has 1 N–H and O–H groups in total. The fourth-order valence-corrected chi connectivity index (χ4v) is 2.29. The van der Waals surface area contributed by atoms with Crippen molar-refractivity contribution in [1.29, 1.82) is 0 Å². The van der Waals surface area contributed by atoms with Gasteiger partial charge in [-0.2, -0.15) is 0 Å². The van der Waals surface area contributed by atoms with Crippen LogP contribution in [0.25, 0.3) is 11.3 Å². The van der Waals surface area contributed by atoms with Gasteiger partial charge in [0.15, 0.2) is 0 Å². The fraction of sp³-hybridized carbons (Fsp3) is 0.143. The predicted molar refractivity (Wildman–Crippen MR) is 98.6 cm³/mol. The van der Waals surface area contributed by atoms with Crippen molar-refractivity contribution in [2.45, 2.75) is 6.92 Å². The monoisotopic (exact) mass is 388 g/mol. The minimum atomic E-state index is -0.727. The molecule has 0 heterocycles. The molecule has 2 aromatic rings. The van der Waals surface area contributed by atoms with E-state index in [1.54, 1.807) is 0 Å². The smallest absolute Gasteiger partial charge is 0.330 e. The first-order chi connectivity index (χ1) is 13.4. The maximum atomic E-state index is 13.3. The number of allylic oxidation sites excluding steroid dienone is 2. The van der Waals surface area contributed by atoms with E-state index in [1.807, 2.05) is 0 Å². The minimum Gasteiger partial charge on any atom is -0.460 e. The summed E-state index contributed by atoms with van der Waals surface area (Å²) in [6.07, 6.45) is 2.43. The summed E-state index contributed by atoms with van der Waals surface area (Å²) in [6.45, 7) is 0.701. The Bertz CT molecular complexity index is 884. The third kappa shape index (κ3) is 6.14. The summed E-state index contributed by atoms with van der Waals surface area (Å²) in [4.78, 5) is 23.4. The lowest BCUT2D eigenvalue weighted by Gasteiger charge is -2.13. The lowest BCUT2D eigenvalue weighted by Crippen LogP contribution is -2.06. The van der Waals surface area contributed by atoms with E-state index in [0.717, 1.165) is 6.08 Å². The van der Waals surface area contributed by atoms with Crippen LogP contribution in [0.5, 0.6) is 0 Å². The molecule has 7 heteroatoms. The van der Waals surface area contributed by atoms with Crippen LogP contribution in [-0.4, -0.2) is 30.3 Å². The molecule has 146 valence electrons. The topological polar surface area (TPSA) is 72.8 Å². The first-order valence-corrected chi connectivity index (χ1v) is 8.31. The van der Waals surface area contributed by atoms with E-state index in [9.17, 15) is 18.4 Å². The molecule has 0 aliphatic heterocycles. The average Bonchev–Trinajstić information content (AvgIpc) is 2.67. The molecule has 0 saturated carbocycles. The van der Waals surface area contributed by atoms with Gasteiger partial charge >= 0.3 is 11.9 Å². The summed E-state index contributed by atoms with van der Waals surface area (Å²) in [7, 11) is 0. The number of halogens is 2. The molecule has 0 aliphatic rings. The van der Waals surface area contributed by atoms with Crippen LogP contribution in [-0.2, 0) is 19.1 Å². The summed E-state index contributed by atoms with van der Waals surface area (Å²) >= 11 is 0. The fourth-order valence-electron chi connectivity index (χ4n) is 2.29. The molecule has 5 nitrogen and oxygen atoms in total. The van der Waals surface area contributed by atoms with E-state index in [0.29, 0.717) is 11.1 Å². The van der Waals surface area contributed by atoms with Gasteiger partial charge in [-0.25, -0.2) is 13.6 Å². The first-order valence-electron chi connectivity index (χ1n) is 8.31. The van der Waals surface area contributed by atoms with Gasteiger partial charge in [0.05, 0.1) is 6.61 Å². The second-order valence-corrected chi connectivity index (χ2v) is 5.57. The highest BCUT2D eigenvalue weighted by Crippen LogP contribution is 2.29. The number of hydrogen-bond donors (Lipinski definition) is 1. The third-order valence-electron chi connectivity index (χ3n) is 3.47. The van der Waals surface area contributed by atoms with E-state index in [-0.39, 0.29) is 24.5 Å². The highest BCUT2D eigenvalue weighted by Gasteiger charge is 2.15. The molecule has 0 aromatic heterocycles. The number of aliphatic hydroxyl groups is 1. The predicted octanol–water partition coefficient (Wildman–Crippen LogP) is 3.49. The Hall–Kier alpha value is -3.32. The molecular weight excluding hydrogens is 370 g/mol. The van der Waals surface area contributed by atoms with Gasteiger partial charge in [0.25, 0.3) is 0 Å². The number of carbonyl (C=O) groups excluding carboxylic acids is 2. The Kier molecular flexibility index (Phi) is 7.59. The summed E-state index contributed by atoms with van der Waals surface area (Å²) in [5.74, 6) is -2.24. The second-order valence-electron chi connectivity index (χ2n) is 5.57. The minimum absolute atomic E-state index is 0.0605. The van der Waals surface area contributed by atoms with Gasteiger partial charge in [-0.1, -0.05) is 12.1 Å². The van der Waals surface area contributed by atoms with Gasteiger partial charge < -0.3 is 14.6 Å². The van der Waals surface area contributed by atoms with Crippen LogP contribution in [0.4, 0.5) is 8.78 Å². The Morgan fingerprint density at radius 1 is 0.929 bits per heavy atom. The van der Waals surface area contributed by atoms with E-state index in [1.165, 1.54) is 61.5 Å².